The van der Waals surface area contributed by atoms with E-state index in [-0.39, 0.29) is 18.7 Å². The lowest BCUT2D eigenvalue weighted by Gasteiger charge is -2.42. The van der Waals surface area contributed by atoms with Crippen molar-refractivity contribution >= 4 is 0 Å². The quantitative estimate of drug-likeness (QED) is 0.796. The number of fused-ring (bicyclic) bond motifs is 1. The van der Waals surface area contributed by atoms with Gasteiger partial charge >= 0.3 is 0 Å². The van der Waals surface area contributed by atoms with Gasteiger partial charge < -0.3 is 9.67 Å². The van der Waals surface area contributed by atoms with Crippen LogP contribution in [-0.4, -0.2) is 27.7 Å². The normalized spacial score (nSPS) is 19.0. The number of hydrogen-bond acceptors (Lipinski definition) is 2. The highest BCUT2D eigenvalue weighted by molar-refractivity contribution is 5.32. The van der Waals surface area contributed by atoms with Crippen LogP contribution in [0, 0.1) is 0 Å². The number of aliphatic hydroxyl groups excluding tert-OH is 1. The zero-order valence-electron chi connectivity index (χ0n) is 13.6. The van der Waals surface area contributed by atoms with E-state index in [1.165, 1.54) is 16.8 Å². The van der Waals surface area contributed by atoms with Gasteiger partial charge in [0, 0.05) is 25.0 Å². The first-order valence-corrected chi connectivity index (χ1v) is 8.50. The Hall–Kier alpha value is -2.36. The smallest absolute Gasteiger partial charge is 0.0762 e. The summed E-state index contributed by atoms with van der Waals surface area (Å²) in [7, 11) is 0. The van der Waals surface area contributed by atoms with Crippen molar-refractivity contribution in [2.75, 3.05) is 13.2 Å². The lowest BCUT2D eigenvalue weighted by Crippen LogP contribution is -2.42. The minimum absolute atomic E-state index is 0.0000520. The summed E-state index contributed by atoms with van der Waals surface area (Å²) in [4.78, 5) is 2.43. The molecule has 122 valence electrons. The minimum Gasteiger partial charge on any atom is -0.394 e. The fraction of sp³-hybridized carbons (Fsp3) is 0.238. The van der Waals surface area contributed by atoms with Crippen LogP contribution < -0.4 is 0 Å². The van der Waals surface area contributed by atoms with Crippen LogP contribution in [0.15, 0.2) is 79.0 Å². The molecule has 0 saturated heterocycles. The summed E-state index contributed by atoms with van der Waals surface area (Å²) >= 11 is 0. The van der Waals surface area contributed by atoms with Gasteiger partial charge in [-0.1, -0.05) is 60.7 Å². The number of benzene rings is 2. The Morgan fingerprint density at radius 3 is 2.29 bits per heavy atom. The largest absolute Gasteiger partial charge is 0.394 e. The predicted molar refractivity (Wildman–Crippen MR) is 95.7 cm³/mol. The number of rotatable bonds is 4. The second kappa shape index (κ2) is 6.63. The first-order valence-electron chi connectivity index (χ1n) is 8.50. The van der Waals surface area contributed by atoms with Gasteiger partial charge in [0.2, 0.25) is 0 Å². The van der Waals surface area contributed by atoms with Crippen molar-refractivity contribution in [2.24, 2.45) is 0 Å². The molecule has 0 unspecified atom stereocenters. The first kappa shape index (κ1) is 15.2. The molecule has 0 aliphatic carbocycles. The number of aromatic nitrogens is 1. The van der Waals surface area contributed by atoms with Gasteiger partial charge in [-0.3, -0.25) is 4.90 Å². The lowest BCUT2D eigenvalue weighted by molar-refractivity contribution is 0.0762. The van der Waals surface area contributed by atoms with Crippen molar-refractivity contribution < 1.29 is 5.11 Å². The van der Waals surface area contributed by atoms with Gasteiger partial charge in [-0.05, 0) is 23.3 Å². The molecule has 0 fully saturated rings. The number of hydrogen-bond donors (Lipinski definition) is 1. The molecule has 1 aliphatic rings. The summed E-state index contributed by atoms with van der Waals surface area (Å²) in [6.45, 7) is 1.99. The molecule has 2 aromatic carbocycles. The molecule has 0 bridgehead atoms. The SMILES string of the molecule is OC[C@H](c1ccccc1)N1CCn2cccc2[C@H]1c1ccccc1. The first-order chi connectivity index (χ1) is 11.9. The maximum absolute atomic E-state index is 10.1. The summed E-state index contributed by atoms with van der Waals surface area (Å²) in [5.74, 6) is 0. The average molecular weight is 318 g/mol. The zero-order valence-corrected chi connectivity index (χ0v) is 13.6. The van der Waals surface area contributed by atoms with E-state index in [4.69, 9.17) is 0 Å². The maximum atomic E-state index is 10.1. The minimum atomic E-state index is 0.0000520. The molecule has 3 aromatic rings. The van der Waals surface area contributed by atoms with Crippen LogP contribution in [0.4, 0.5) is 0 Å². The summed E-state index contributed by atoms with van der Waals surface area (Å²) in [6, 6.07) is 25.4. The highest BCUT2D eigenvalue weighted by Gasteiger charge is 2.33. The molecule has 0 amide bonds. The standard InChI is InChI=1S/C21H22N2O/c24-16-20(17-8-3-1-4-9-17)23-15-14-22-13-7-12-19(22)21(23)18-10-5-2-6-11-18/h1-13,20-21,24H,14-16H2/t20-,21-/m1/s1. The molecule has 0 saturated carbocycles. The predicted octanol–water partition coefficient (Wildman–Crippen LogP) is 3.63. The monoisotopic (exact) mass is 318 g/mol. The number of nitrogens with zero attached hydrogens (tertiary/aromatic N) is 2. The van der Waals surface area contributed by atoms with Crippen LogP contribution in [-0.2, 0) is 6.54 Å². The van der Waals surface area contributed by atoms with E-state index in [1.807, 2.05) is 18.2 Å². The van der Waals surface area contributed by atoms with E-state index < -0.39 is 0 Å². The molecule has 0 spiro atoms. The summed E-state index contributed by atoms with van der Waals surface area (Å²) in [5.41, 5.74) is 3.73. The molecule has 3 nitrogen and oxygen atoms in total. The average Bonchev–Trinajstić information content (AvgIpc) is 3.12. The van der Waals surface area contributed by atoms with Crippen molar-refractivity contribution in [3.05, 3.63) is 95.8 Å². The van der Waals surface area contributed by atoms with Gasteiger partial charge in [-0.15, -0.1) is 0 Å². The molecular weight excluding hydrogens is 296 g/mol. The Balaban J connectivity index is 1.79. The summed E-state index contributed by atoms with van der Waals surface area (Å²) in [6.07, 6.45) is 2.15. The van der Waals surface area contributed by atoms with Crippen LogP contribution in [0.2, 0.25) is 0 Å². The highest BCUT2D eigenvalue weighted by Crippen LogP contribution is 2.38. The van der Waals surface area contributed by atoms with Gasteiger partial charge in [0.25, 0.3) is 0 Å². The van der Waals surface area contributed by atoms with Crippen molar-refractivity contribution in [1.29, 1.82) is 0 Å². The Labute approximate surface area is 142 Å². The third kappa shape index (κ3) is 2.66. The third-order valence-electron chi connectivity index (χ3n) is 4.95. The molecule has 1 aliphatic heterocycles. The Kier molecular flexibility index (Phi) is 4.20. The lowest BCUT2D eigenvalue weighted by atomic mass is 9.95. The second-order valence-corrected chi connectivity index (χ2v) is 6.29. The van der Waals surface area contributed by atoms with E-state index in [9.17, 15) is 5.11 Å². The van der Waals surface area contributed by atoms with Gasteiger partial charge in [0.05, 0.1) is 18.7 Å². The fourth-order valence-corrected chi connectivity index (χ4v) is 3.81. The van der Waals surface area contributed by atoms with Gasteiger partial charge in [0.1, 0.15) is 0 Å². The molecule has 2 heterocycles. The van der Waals surface area contributed by atoms with E-state index in [0.717, 1.165) is 13.1 Å². The topological polar surface area (TPSA) is 28.4 Å². The summed E-state index contributed by atoms with van der Waals surface area (Å²) < 4.78 is 2.33. The van der Waals surface area contributed by atoms with E-state index in [0.29, 0.717) is 0 Å². The molecule has 24 heavy (non-hydrogen) atoms. The molecule has 4 rings (SSSR count). The molecule has 2 atom stereocenters. The second-order valence-electron chi connectivity index (χ2n) is 6.29. The number of aliphatic hydroxyl groups is 1. The molecule has 3 heteroatoms. The molecule has 1 aromatic heterocycles. The van der Waals surface area contributed by atoms with E-state index >= 15 is 0 Å². The van der Waals surface area contributed by atoms with Crippen molar-refractivity contribution in [1.82, 2.24) is 9.47 Å². The molecule has 0 radical (unpaired) electrons. The van der Waals surface area contributed by atoms with Crippen molar-refractivity contribution in [3.8, 4) is 0 Å². The van der Waals surface area contributed by atoms with Crippen LogP contribution >= 0.6 is 0 Å². The van der Waals surface area contributed by atoms with Crippen molar-refractivity contribution in [3.63, 3.8) is 0 Å². The van der Waals surface area contributed by atoms with Crippen LogP contribution in [0.1, 0.15) is 28.9 Å². The molecular formula is C21H22N2O. The Bertz CT molecular complexity index is 782. The maximum Gasteiger partial charge on any atom is 0.0762 e. The van der Waals surface area contributed by atoms with Crippen molar-refractivity contribution in [2.45, 2.75) is 18.6 Å². The fourth-order valence-electron chi connectivity index (χ4n) is 3.81. The zero-order chi connectivity index (χ0) is 16.4. The molecule has 1 N–H and O–H groups in total. The Morgan fingerprint density at radius 2 is 1.58 bits per heavy atom. The summed E-state index contributed by atoms with van der Waals surface area (Å²) in [5, 5.41) is 10.1. The van der Waals surface area contributed by atoms with Gasteiger partial charge in [-0.2, -0.15) is 0 Å². The third-order valence-corrected chi connectivity index (χ3v) is 4.95. The van der Waals surface area contributed by atoms with Gasteiger partial charge in [-0.25, -0.2) is 0 Å². The Morgan fingerprint density at radius 1 is 0.875 bits per heavy atom. The van der Waals surface area contributed by atoms with Crippen LogP contribution in [0.25, 0.3) is 0 Å². The highest BCUT2D eigenvalue weighted by atomic mass is 16.3. The van der Waals surface area contributed by atoms with Crippen LogP contribution in [0.5, 0.6) is 0 Å². The van der Waals surface area contributed by atoms with E-state index in [2.05, 4.69) is 70.3 Å². The van der Waals surface area contributed by atoms with Gasteiger partial charge in [0.15, 0.2) is 0 Å². The van der Waals surface area contributed by atoms with Crippen LogP contribution in [0.3, 0.4) is 0 Å². The van der Waals surface area contributed by atoms with E-state index in [1.54, 1.807) is 0 Å².